The molecule has 0 amide bonds. The van der Waals surface area contributed by atoms with Crippen molar-refractivity contribution >= 4 is 0 Å². The van der Waals surface area contributed by atoms with E-state index in [0.717, 1.165) is 25.7 Å². The summed E-state index contributed by atoms with van der Waals surface area (Å²) < 4.78 is 0. The molecule has 0 aromatic heterocycles. The molecule has 0 spiro atoms. The van der Waals surface area contributed by atoms with Crippen LogP contribution >= 0.6 is 0 Å². The molecule has 4 heteroatoms. The highest BCUT2D eigenvalue weighted by Gasteiger charge is 2.24. The summed E-state index contributed by atoms with van der Waals surface area (Å²) in [5, 5.41) is 26.3. The first-order chi connectivity index (χ1) is 16.2. The predicted molar refractivity (Wildman–Crippen MR) is 147 cm³/mol. The van der Waals surface area contributed by atoms with E-state index < -0.39 is 0 Å². The quantitative estimate of drug-likeness (QED) is 0.122. The molecule has 34 heavy (non-hydrogen) atoms. The maximum absolute atomic E-state index is 9.77. The van der Waals surface area contributed by atoms with E-state index in [2.05, 4.69) is 64.3 Å². The Labute approximate surface area is 213 Å². The molecule has 0 atom stereocenters. The SMILES string of the molecule is CCCCCCCCCCC(C)(C)N/C(C#N)=C(/C#N)NC(C)(C)CCCCCCCCCC. The van der Waals surface area contributed by atoms with E-state index in [1.807, 2.05) is 0 Å². The summed E-state index contributed by atoms with van der Waals surface area (Å²) in [5.41, 5.74) is 0.324. The van der Waals surface area contributed by atoms with Gasteiger partial charge >= 0.3 is 0 Å². The van der Waals surface area contributed by atoms with Crippen LogP contribution in [-0.4, -0.2) is 11.1 Å². The molecular weight excluding hydrogens is 416 g/mol. The summed E-state index contributed by atoms with van der Waals surface area (Å²) in [7, 11) is 0. The predicted octanol–water partition coefficient (Wildman–Crippen LogP) is 9.04. The van der Waals surface area contributed by atoms with Gasteiger partial charge in [-0.05, 0) is 40.5 Å². The van der Waals surface area contributed by atoms with Crippen LogP contribution in [0.1, 0.15) is 157 Å². The maximum atomic E-state index is 9.77. The van der Waals surface area contributed by atoms with Gasteiger partial charge in [-0.25, -0.2) is 0 Å². The molecule has 196 valence electrons. The zero-order valence-corrected chi connectivity index (χ0v) is 23.6. The van der Waals surface area contributed by atoms with E-state index in [1.165, 1.54) is 89.9 Å². The maximum Gasteiger partial charge on any atom is 0.148 e. The lowest BCUT2D eigenvalue weighted by molar-refractivity contribution is 0.364. The lowest BCUT2D eigenvalue weighted by Gasteiger charge is -2.30. The van der Waals surface area contributed by atoms with E-state index in [-0.39, 0.29) is 11.1 Å². The summed E-state index contributed by atoms with van der Waals surface area (Å²) >= 11 is 0. The Morgan fingerprint density at radius 3 is 1.03 bits per heavy atom. The Balaban J connectivity index is 4.52. The van der Waals surface area contributed by atoms with Crippen molar-refractivity contribution in [3.63, 3.8) is 0 Å². The molecule has 4 nitrogen and oxygen atoms in total. The normalized spacial score (nSPS) is 12.6. The minimum atomic E-state index is -0.209. The van der Waals surface area contributed by atoms with Crippen LogP contribution in [0.15, 0.2) is 11.4 Å². The average molecular weight is 473 g/mol. The van der Waals surface area contributed by atoms with E-state index in [1.54, 1.807) is 0 Å². The van der Waals surface area contributed by atoms with Crippen molar-refractivity contribution in [1.82, 2.24) is 10.6 Å². The Kier molecular flexibility index (Phi) is 18.6. The third-order valence-electron chi connectivity index (χ3n) is 6.71. The zero-order chi connectivity index (χ0) is 25.7. The number of nitrogens with one attached hydrogen (secondary N) is 2. The van der Waals surface area contributed by atoms with Gasteiger partial charge in [-0.3, -0.25) is 0 Å². The lowest BCUT2D eigenvalue weighted by atomic mass is 9.94. The monoisotopic (exact) mass is 472 g/mol. The number of nitrogens with zero attached hydrogens (tertiary/aromatic N) is 2. The fourth-order valence-corrected chi connectivity index (χ4v) is 4.50. The first-order valence-corrected chi connectivity index (χ1v) is 14.3. The van der Waals surface area contributed by atoms with Crippen LogP contribution in [0, 0.1) is 22.7 Å². The first-order valence-electron chi connectivity index (χ1n) is 14.3. The Morgan fingerprint density at radius 2 is 0.765 bits per heavy atom. The second-order valence-electron chi connectivity index (χ2n) is 11.4. The van der Waals surface area contributed by atoms with Crippen LogP contribution in [0.3, 0.4) is 0 Å². The molecule has 0 rings (SSSR count). The van der Waals surface area contributed by atoms with E-state index in [0.29, 0.717) is 11.4 Å². The summed E-state index contributed by atoms with van der Waals surface area (Å²) in [6, 6.07) is 4.49. The third kappa shape index (κ3) is 17.8. The molecule has 0 heterocycles. The smallest absolute Gasteiger partial charge is 0.148 e. The molecular formula is C30H56N4. The summed E-state index contributed by atoms with van der Waals surface area (Å²) in [6.45, 7) is 13.0. The molecule has 0 fully saturated rings. The highest BCUT2D eigenvalue weighted by molar-refractivity contribution is 5.36. The number of nitriles is 2. The van der Waals surface area contributed by atoms with E-state index >= 15 is 0 Å². The highest BCUT2D eigenvalue weighted by Crippen LogP contribution is 2.21. The molecule has 0 unspecified atom stereocenters. The van der Waals surface area contributed by atoms with Crippen molar-refractivity contribution in [3.05, 3.63) is 11.4 Å². The van der Waals surface area contributed by atoms with Gasteiger partial charge < -0.3 is 10.6 Å². The molecule has 0 aliphatic heterocycles. The van der Waals surface area contributed by atoms with Gasteiger partial charge in [-0.2, -0.15) is 10.5 Å². The summed E-state index contributed by atoms with van der Waals surface area (Å²) in [6.07, 6.45) is 22.7. The van der Waals surface area contributed by atoms with E-state index in [4.69, 9.17) is 0 Å². The van der Waals surface area contributed by atoms with Gasteiger partial charge in [-0.15, -0.1) is 0 Å². The van der Waals surface area contributed by atoms with E-state index in [9.17, 15) is 10.5 Å². The van der Waals surface area contributed by atoms with Crippen molar-refractivity contribution < 1.29 is 0 Å². The highest BCUT2D eigenvalue weighted by atomic mass is 15.0. The number of hydrogen-bond acceptors (Lipinski definition) is 4. The van der Waals surface area contributed by atoms with Crippen molar-refractivity contribution in [2.75, 3.05) is 0 Å². The molecule has 0 aliphatic rings. The Morgan fingerprint density at radius 1 is 0.500 bits per heavy atom. The third-order valence-corrected chi connectivity index (χ3v) is 6.71. The van der Waals surface area contributed by atoms with Crippen molar-refractivity contribution in [3.8, 4) is 12.1 Å². The molecule has 0 aromatic carbocycles. The van der Waals surface area contributed by atoms with Crippen LogP contribution in [0.25, 0.3) is 0 Å². The minimum Gasteiger partial charge on any atom is -0.369 e. The number of rotatable bonds is 22. The zero-order valence-electron chi connectivity index (χ0n) is 23.6. The number of hydrogen-bond donors (Lipinski definition) is 2. The summed E-state index contributed by atoms with van der Waals surface area (Å²) in [5.74, 6) is 0. The fourth-order valence-electron chi connectivity index (χ4n) is 4.50. The molecule has 0 aromatic rings. The van der Waals surface area contributed by atoms with Gasteiger partial charge in [0.25, 0.3) is 0 Å². The molecule has 0 radical (unpaired) electrons. The van der Waals surface area contributed by atoms with Gasteiger partial charge in [0, 0.05) is 11.1 Å². The minimum absolute atomic E-state index is 0.209. The molecule has 0 saturated carbocycles. The standard InChI is InChI=1S/C30H56N4/c1-7-9-11-13-15-17-19-21-23-29(3,4)33-27(25-31)28(26-32)34-30(5,6)24-22-20-18-16-14-12-10-8-2/h33-34H,7-24H2,1-6H3/b28-27-. The van der Waals surface area contributed by atoms with Gasteiger partial charge in [0.15, 0.2) is 0 Å². The van der Waals surface area contributed by atoms with Crippen molar-refractivity contribution in [2.24, 2.45) is 0 Å². The van der Waals surface area contributed by atoms with Crippen LogP contribution in [0.4, 0.5) is 0 Å². The molecule has 0 saturated heterocycles. The Bertz CT molecular complexity index is 565. The van der Waals surface area contributed by atoms with Crippen LogP contribution in [0.2, 0.25) is 0 Å². The molecule has 0 bridgehead atoms. The van der Waals surface area contributed by atoms with Crippen LogP contribution in [0.5, 0.6) is 0 Å². The Hall–Kier alpha value is -1.68. The topological polar surface area (TPSA) is 71.6 Å². The van der Waals surface area contributed by atoms with Crippen LogP contribution in [-0.2, 0) is 0 Å². The second kappa shape index (κ2) is 19.6. The van der Waals surface area contributed by atoms with Crippen molar-refractivity contribution in [2.45, 2.75) is 168 Å². The number of unbranched alkanes of at least 4 members (excludes halogenated alkanes) is 14. The number of allylic oxidation sites excluding steroid dienone is 2. The largest absolute Gasteiger partial charge is 0.369 e. The molecule has 2 N–H and O–H groups in total. The molecule has 0 aliphatic carbocycles. The second-order valence-corrected chi connectivity index (χ2v) is 11.4. The van der Waals surface area contributed by atoms with Gasteiger partial charge in [0.1, 0.15) is 23.5 Å². The first kappa shape index (κ1) is 32.3. The lowest BCUT2D eigenvalue weighted by Crippen LogP contribution is -2.43. The fraction of sp³-hybridized carbons (Fsp3) is 0.867. The summed E-state index contributed by atoms with van der Waals surface area (Å²) in [4.78, 5) is 0. The average Bonchev–Trinajstić information content (AvgIpc) is 2.79. The van der Waals surface area contributed by atoms with Gasteiger partial charge in [0.2, 0.25) is 0 Å². The van der Waals surface area contributed by atoms with Gasteiger partial charge in [-0.1, -0.05) is 117 Å². The van der Waals surface area contributed by atoms with Crippen molar-refractivity contribution in [1.29, 1.82) is 10.5 Å². The van der Waals surface area contributed by atoms with Crippen LogP contribution < -0.4 is 10.6 Å². The van der Waals surface area contributed by atoms with Gasteiger partial charge in [0.05, 0.1) is 0 Å².